The van der Waals surface area contributed by atoms with Gasteiger partial charge in [0.05, 0.1) is 6.61 Å². The fourth-order valence-electron chi connectivity index (χ4n) is 2.49. The summed E-state index contributed by atoms with van der Waals surface area (Å²) in [5.41, 5.74) is 6.68. The van der Waals surface area contributed by atoms with Crippen molar-refractivity contribution in [2.45, 2.75) is 39.2 Å². The minimum absolute atomic E-state index is 0.00141. The highest BCUT2D eigenvalue weighted by molar-refractivity contribution is 5.76. The van der Waals surface area contributed by atoms with Crippen LogP contribution in [0.3, 0.4) is 0 Å². The molecule has 0 aliphatic carbocycles. The Morgan fingerprint density at radius 3 is 2.57 bits per heavy atom. The van der Waals surface area contributed by atoms with Crippen molar-refractivity contribution < 1.29 is 9.90 Å². The van der Waals surface area contributed by atoms with Crippen molar-refractivity contribution in [2.24, 2.45) is 11.7 Å². The minimum atomic E-state index is -0.00141. The quantitative estimate of drug-likeness (QED) is 0.694. The Morgan fingerprint density at radius 1 is 1.29 bits per heavy atom. The number of hydrogen-bond acceptors (Lipinski definition) is 3. The van der Waals surface area contributed by atoms with E-state index in [1.807, 2.05) is 30.3 Å². The number of carbonyl (C=O) groups excluding carboxylic acids is 1. The summed E-state index contributed by atoms with van der Waals surface area (Å²) in [4.78, 5) is 14.1. The van der Waals surface area contributed by atoms with Crippen molar-refractivity contribution in [3.63, 3.8) is 0 Å². The Bertz CT molecular complexity index is 395. The van der Waals surface area contributed by atoms with E-state index in [0.29, 0.717) is 32.0 Å². The van der Waals surface area contributed by atoms with Gasteiger partial charge in [-0.25, -0.2) is 0 Å². The maximum absolute atomic E-state index is 12.3. The number of rotatable bonds is 10. The summed E-state index contributed by atoms with van der Waals surface area (Å²) < 4.78 is 0. The lowest BCUT2D eigenvalue weighted by atomic mass is 9.96. The molecule has 118 valence electrons. The predicted molar refractivity (Wildman–Crippen MR) is 85.6 cm³/mol. The zero-order chi connectivity index (χ0) is 15.5. The number of aliphatic hydroxyl groups excluding tert-OH is 1. The highest BCUT2D eigenvalue weighted by Gasteiger charge is 2.15. The van der Waals surface area contributed by atoms with E-state index in [1.165, 1.54) is 0 Å². The van der Waals surface area contributed by atoms with Gasteiger partial charge in [-0.3, -0.25) is 4.79 Å². The van der Waals surface area contributed by atoms with E-state index in [-0.39, 0.29) is 12.5 Å². The van der Waals surface area contributed by atoms with Crippen LogP contribution in [0.2, 0.25) is 0 Å². The van der Waals surface area contributed by atoms with Crippen LogP contribution in [0, 0.1) is 5.92 Å². The molecule has 0 bridgehead atoms. The lowest BCUT2D eigenvalue weighted by Crippen LogP contribution is -2.33. The van der Waals surface area contributed by atoms with Gasteiger partial charge in [-0.1, -0.05) is 43.7 Å². The van der Waals surface area contributed by atoms with Crippen LogP contribution in [-0.4, -0.2) is 35.6 Å². The number of hydrogen-bond donors (Lipinski definition) is 2. The molecule has 0 spiro atoms. The Labute approximate surface area is 128 Å². The molecule has 1 rings (SSSR count). The van der Waals surface area contributed by atoms with Gasteiger partial charge in [0.2, 0.25) is 5.91 Å². The number of amides is 1. The summed E-state index contributed by atoms with van der Waals surface area (Å²) >= 11 is 0. The topological polar surface area (TPSA) is 66.6 Å². The highest BCUT2D eigenvalue weighted by Crippen LogP contribution is 2.16. The largest absolute Gasteiger partial charge is 0.395 e. The van der Waals surface area contributed by atoms with Crippen LogP contribution >= 0.6 is 0 Å². The van der Waals surface area contributed by atoms with Crippen molar-refractivity contribution in [1.29, 1.82) is 0 Å². The van der Waals surface area contributed by atoms with Gasteiger partial charge in [0.15, 0.2) is 0 Å². The minimum Gasteiger partial charge on any atom is -0.395 e. The van der Waals surface area contributed by atoms with E-state index in [1.54, 1.807) is 4.90 Å². The fraction of sp³-hybridized carbons (Fsp3) is 0.588. The van der Waals surface area contributed by atoms with E-state index in [2.05, 4.69) is 6.92 Å². The van der Waals surface area contributed by atoms with Gasteiger partial charge in [0, 0.05) is 19.5 Å². The number of carbonyl (C=O) groups is 1. The molecular weight excluding hydrogens is 264 g/mol. The standard InChI is InChI=1S/C17H28N2O2/c1-2-15(10-11-18)8-9-17(21)19(12-13-20)14-16-6-4-3-5-7-16/h3-7,15,20H,2,8-14,18H2,1H3. The summed E-state index contributed by atoms with van der Waals surface area (Å²) in [6.45, 7) is 3.77. The molecule has 0 saturated heterocycles. The van der Waals surface area contributed by atoms with Crippen molar-refractivity contribution in [1.82, 2.24) is 4.90 Å². The van der Waals surface area contributed by atoms with Crippen LogP contribution in [0.25, 0.3) is 0 Å². The van der Waals surface area contributed by atoms with E-state index in [0.717, 1.165) is 24.8 Å². The van der Waals surface area contributed by atoms with Gasteiger partial charge >= 0.3 is 0 Å². The number of nitrogens with two attached hydrogens (primary N) is 1. The first-order chi connectivity index (χ1) is 10.2. The Morgan fingerprint density at radius 2 is 2.00 bits per heavy atom. The zero-order valence-electron chi connectivity index (χ0n) is 13.0. The van der Waals surface area contributed by atoms with Gasteiger partial charge in [0.1, 0.15) is 0 Å². The van der Waals surface area contributed by atoms with E-state index in [4.69, 9.17) is 10.8 Å². The Kier molecular flexibility index (Phi) is 8.71. The third kappa shape index (κ3) is 6.74. The van der Waals surface area contributed by atoms with E-state index >= 15 is 0 Å². The summed E-state index contributed by atoms with van der Waals surface area (Å²) in [7, 11) is 0. The Hall–Kier alpha value is -1.39. The number of benzene rings is 1. The zero-order valence-corrected chi connectivity index (χ0v) is 13.0. The molecule has 0 heterocycles. The molecule has 3 N–H and O–H groups in total. The van der Waals surface area contributed by atoms with Gasteiger partial charge in [0.25, 0.3) is 0 Å². The third-order valence-electron chi connectivity index (χ3n) is 3.86. The van der Waals surface area contributed by atoms with Crippen LogP contribution in [0.1, 0.15) is 38.2 Å². The molecule has 0 radical (unpaired) electrons. The second-order valence-electron chi connectivity index (χ2n) is 5.41. The molecule has 1 unspecified atom stereocenters. The average Bonchev–Trinajstić information content (AvgIpc) is 2.51. The van der Waals surface area contributed by atoms with Crippen LogP contribution in [-0.2, 0) is 11.3 Å². The van der Waals surface area contributed by atoms with Crippen LogP contribution < -0.4 is 5.73 Å². The molecule has 1 amide bonds. The molecule has 0 aliphatic heterocycles. The first kappa shape index (κ1) is 17.7. The maximum atomic E-state index is 12.3. The van der Waals surface area contributed by atoms with Crippen LogP contribution in [0.5, 0.6) is 0 Å². The molecule has 4 heteroatoms. The first-order valence-electron chi connectivity index (χ1n) is 7.83. The van der Waals surface area contributed by atoms with Crippen molar-refractivity contribution in [3.8, 4) is 0 Å². The molecule has 4 nitrogen and oxygen atoms in total. The molecule has 0 saturated carbocycles. The molecule has 0 aliphatic rings. The molecule has 1 aromatic rings. The second kappa shape index (κ2) is 10.4. The van der Waals surface area contributed by atoms with Gasteiger partial charge in [-0.05, 0) is 30.9 Å². The van der Waals surface area contributed by atoms with Crippen molar-refractivity contribution in [2.75, 3.05) is 19.7 Å². The summed E-state index contributed by atoms with van der Waals surface area (Å²) in [6, 6.07) is 9.89. The van der Waals surface area contributed by atoms with Crippen molar-refractivity contribution in [3.05, 3.63) is 35.9 Å². The van der Waals surface area contributed by atoms with E-state index in [9.17, 15) is 4.79 Å². The molecule has 0 fully saturated rings. The Balaban J connectivity index is 2.52. The summed E-state index contributed by atoms with van der Waals surface area (Å²) in [5.74, 6) is 0.634. The number of nitrogens with zero attached hydrogens (tertiary/aromatic N) is 1. The highest BCUT2D eigenvalue weighted by atomic mass is 16.3. The van der Waals surface area contributed by atoms with Gasteiger partial charge < -0.3 is 15.7 Å². The molecule has 0 aromatic heterocycles. The van der Waals surface area contributed by atoms with E-state index < -0.39 is 0 Å². The lowest BCUT2D eigenvalue weighted by molar-refractivity contribution is -0.132. The average molecular weight is 292 g/mol. The molecule has 1 atom stereocenters. The third-order valence-corrected chi connectivity index (χ3v) is 3.86. The smallest absolute Gasteiger partial charge is 0.222 e. The fourth-order valence-corrected chi connectivity index (χ4v) is 2.49. The van der Waals surface area contributed by atoms with Gasteiger partial charge in [-0.15, -0.1) is 0 Å². The second-order valence-corrected chi connectivity index (χ2v) is 5.41. The number of aliphatic hydroxyl groups is 1. The SMILES string of the molecule is CCC(CCN)CCC(=O)N(CCO)Cc1ccccc1. The predicted octanol–water partition coefficient (Wildman–Crippen LogP) is 2.16. The van der Waals surface area contributed by atoms with Crippen LogP contribution in [0.4, 0.5) is 0 Å². The summed E-state index contributed by atoms with van der Waals surface area (Å²) in [5, 5.41) is 9.16. The normalized spacial score (nSPS) is 12.1. The first-order valence-corrected chi connectivity index (χ1v) is 7.83. The van der Waals surface area contributed by atoms with Gasteiger partial charge in [-0.2, -0.15) is 0 Å². The lowest BCUT2D eigenvalue weighted by Gasteiger charge is -2.23. The molecule has 21 heavy (non-hydrogen) atoms. The molecule has 1 aromatic carbocycles. The van der Waals surface area contributed by atoms with Crippen molar-refractivity contribution >= 4 is 5.91 Å². The monoisotopic (exact) mass is 292 g/mol. The summed E-state index contributed by atoms with van der Waals surface area (Å²) in [6.07, 6.45) is 3.44. The maximum Gasteiger partial charge on any atom is 0.222 e. The molecular formula is C17H28N2O2. The van der Waals surface area contributed by atoms with Crippen LogP contribution in [0.15, 0.2) is 30.3 Å².